The summed E-state index contributed by atoms with van der Waals surface area (Å²) in [5, 5.41) is 0. The van der Waals surface area contributed by atoms with Crippen LogP contribution < -0.4 is 14.4 Å². The van der Waals surface area contributed by atoms with Crippen molar-refractivity contribution in [2.45, 2.75) is 39.5 Å². The summed E-state index contributed by atoms with van der Waals surface area (Å²) >= 11 is 0. The van der Waals surface area contributed by atoms with Gasteiger partial charge in [0.1, 0.15) is 11.5 Å². The van der Waals surface area contributed by atoms with Crippen LogP contribution in [0.1, 0.15) is 39.7 Å². The Bertz CT molecular complexity index is 932. The number of amides is 2. The van der Waals surface area contributed by atoms with Crippen molar-refractivity contribution in [3.05, 3.63) is 42.1 Å². The van der Waals surface area contributed by atoms with Crippen molar-refractivity contribution < 1.29 is 19.1 Å². The molecule has 1 fully saturated rings. The van der Waals surface area contributed by atoms with Gasteiger partial charge in [-0.05, 0) is 24.3 Å². The van der Waals surface area contributed by atoms with Crippen LogP contribution >= 0.6 is 0 Å². The maximum atomic E-state index is 12.4. The van der Waals surface area contributed by atoms with Crippen LogP contribution in [0.4, 0.5) is 5.69 Å². The van der Waals surface area contributed by atoms with Gasteiger partial charge in [0.25, 0.3) is 0 Å². The minimum Gasteiger partial charge on any atom is -0.492 e. The summed E-state index contributed by atoms with van der Waals surface area (Å²) in [5.41, 5.74) is 0.833. The molecule has 6 nitrogen and oxygen atoms in total. The molecule has 0 aliphatic carbocycles. The first-order chi connectivity index (χ1) is 12.7. The maximum absolute atomic E-state index is 12.4. The lowest BCUT2D eigenvalue weighted by molar-refractivity contribution is -0.124. The van der Waals surface area contributed by atoms with Crippen LogP contribution in [0.15, 0.2) is 36.5 Å². The normalized spacial score (nSPS) is 19.8. The first-order valence-electron chi connectivity index (χ1n) is 8.96. The van der Waals surface area contributed by atoms with Crippen LogP contribution in [0.3, 0.4) is 0 Å². The number of rotatable bonds is 3. The van der Waals surface area contributed by atoms with Gasteiger partial charge in [-0.3, -0.25) is 9.59 Å². The molecule has 0 unspecified atom stereocenters. The summed E-state index contributed by atoms with van der Waals surface area (Å²) in [6, 6.07) is 9.05. The molecule has 1 saturated heterocycles. The number of hydrogen-bond donors (Lipinski definition) is 0. The first kappa shape index (κ1) is 17.5. The summed E-state index contributed by atoms with van der Waals surface area (Å²) in [5.74, 6) is 1.53. The van der Waals surface area contributed by atoms with Crippen LogP contribution in [-0.4, -0.2) is 23.4 Å². The highest BCUT2D eigenvalue weighted by atomic mass is 16.5. The zero-order chi connectivity index (χ0) is 19.4. The Balaban J connectivity index is 1.54. The molecule has 1 aromatic heterocycles. The number of pyridine rings is 1. The highest BCUT2D eigenvalue weighted by Crippen LogP contribution is 2.41. The van der Waals surface area contributed by atoms with Crippen molar-refractivity contribution in [1.82, 2.24) is 4.98 Å². The number of nitrogens with zero attached hydrogens (tertiary/aromatic N) is 2. The minimum atomic E-state index is -0.675. The van der Waals surface area contributed by atoms with E-state index in [9.17, 15) is 9.59 Å². The van der Waals surface area contributed by atoms with Crippen molar-refractivity contribution in [3.8, 4) is 17.4 Å². The third-order valence-electron chi connectivity index (χ3n) is 5.09. The summed E-state index contributed by atoms with van der Waals surface area (Å²) in [4.78, 5) is 30.1. The lowest BCUT2D eigenvalue weighted by Gasteiger charge is -2.18. The number of fused-ring (bicyclic) bond motifs is 1. The monoisotopic (exact) mass is 366 g/mol. The molecule has 0 N–H and O–H groups in total. The fourth-order valence-corrected chi connectivity index (χ4v) is 3.46. The molecule has 6 heteroatoms. The molecule has 0 bridgehead atoms. The van der Waals surface area contributed by atoms with E-state index < -0.39 is 5.41 Å². The first-order valence-corrected chi connectivity index (χ1v) is 8.96. The molecule has 1 aromatic carbocycles. The molecular formula is C21H22N2O4. The third kappa shape index (κ3) is 2.95. The number of carbonyl (C=O) groups excluding carboxylic acids is 2. The predicted octanol–water partition coefficient (Wildman–Crippen LogP) is 3.83. The molecule has 0 saturated carbocycles. The van der Waals surface area contributed by atoms with E-state index >= 15 is 0 Å². The van der Waals surface area contributed by atoms with Crippen molar-refractivity contribution in [1.29, 1.82) is 0 Å². The highest BCUT2D eigenvalue weighted by Gasteiger charge is 2.45. The number of benzene rings is 1. The summed E-state index contributed by atoms with van der Waals surface area (Å²) < 4.78 is 11.5. The molecule has 4 rings (SSSR count). The molecule has 2 aliphatic rings. The van der Waals surface area contributed by atoms with Gasteiger partial charge in [-0.15, -0.1) is 0 Å². The molecule has 2 amide bonds. The molecule has 27 heavy (non-hydrogen) atoms. The van der Waals surface area contributed by atoms with Gasteiger partial charge >= 0.3 is 0 Å². The van der Waals surface area contributed by atoms with E-state index in [0.717, 1.165) is 11.3 Å². The van der Waals surface area contributed by atoms with E-state index in [0.29, 0.717) is 23.9 Å². The molecule has 0 atom stereocenters. The number of anilines is 1. The molecule has 2 aromatic rings. The van der Waals surface area contributed by atoms with Gasteiger partial charge in [0.2, 0.25) is 17.7 Å². The van der Waals surface area contributed by atoms with E-state index in [1.807, 2.05) is 18.2 Å². The van der Waals surface area contributed by atoms with Gasteiger partial charge in [-0.1, -0.05) is 27.7 Å². The van der Waals surface area contributed by atoms with Crippen molar-refractivity contribution in [2.75, 3.05) is 11.5 Å². The summed E-state index contributed by atoms with van der Waals surface area (Å²) in [7, 11) is 0. The van der Waals surface area contributed by atoms with E-state index in [-0.39, 0.29) is 23.7 Å². The van der Waals surface area contributed by atoms with Crippen LogP contribution in [0.25, 0.3) is 0 Å². The largest absolute Gasteiger partial charge is 0.492 e. The minimum absolute atomic E-state index is 0.0602. The van der Waals surface area contributed by atoms with Gasteiger partial charge in [0, 0.05) is 23.5 Å². The molecule has 0 radical (unpaired) electrons. The number of ether oxygens (including phenoxy) is 2. The molecule has 3 heterocycles. The maximum Gasteiger partial charge on any atom is 0.239 e. The summed E-state index contributed by atoms with van der Waals surface area (Å²) in [6.07, 6.45) is 1.70. The smallest absolute Gasteiger partial charge is 0.239 e. The van der Waals surface area contributed by atoms with Crippen molar-refractivity contribution >= 4 is 17.5 Å². The van der Waals surface area contributed by atoms with Crippen LogP contribution in [0.2, 0.25) is 0 Å². The fourth-order valence-electron chi connectivity index (χ4n) is 3.46. The van der Waals surface area contributed by atoms with E-state index in [1.54, 1.807) is 26.0 Å². The second-order valence-electron chi connectivity index (χ2n) is 8.38. The van der Waals surface area contributed by atoms with Gasteiger partial charge in [-0.2, -0.15) is 0 Å². The topological polar surface area (TPSA) is 68.7 Å². The van der Waals surface area contributed by atoms with Crippen molar-refractivity contribution in [3.63, 3.8) is 0 Å². The van der Waals surface area contributed by atoms with Gasteiger partial charge in [0.05, 0.1) is 23.9 Å². The molecule has 2 aliphatic heterocycles. The Morgan fingerprint density at radius 2 is 1.85 bits per heavy atom. The van der Waals surface area contributed by atoms with E-state index in [2.05, 4.69) is 18.8 Å². The Morgan fingerprint density at radius 3 is 2.48 bits per heavy atom. The number of imide groups is 1. The Labute approximate surface area is 158 Å². The third-order valence-corrected chi connectivity index (χ3v) is 5.09. The molecular weight excluding hydrogens is 344 g/mol. The lowest BCUT2D eigenvalue weighted by Crippen LogP contribution is -2.32. The second kappa shape index (κ2) is 5.81. The average Bonchev–Trinajstić information content (AvgIpc) is 3.01. The predicted molar refractivity (Wildman–Crippen MR) is 100 cm³/mol. The zero-order valence-electron chi connectivity index (χ0n) is 15.9. The van der Waals surface area contributed by atoms with Gasteiger partial charge in [-0.25, -0.2) is 9.88 Å². The van der Waals surface area contributed by atoms with Crippen LogP contribution in [-0.2, 0) is 15.0 Å². The van der Waals surface area contributed by atoms with Gasteiger partial charge in [0.15, 0.2) is 0 Å². The fraction of sp³-hybridized carbons (Fsp3) is 0.381. The standard InChI is InChI=1S/C21H22N2O4/c1-20(2)10-18(24)23(19(20)25)13-5-8-17(22-11-13)27-14-6-7-16-15(9-14)21(3,4)12-26-16/h5-9,11H,10,12H2,1-4H3. The number of aromatic nitrogens is 1. The Morgan fingerprint density at radius 1 is 1.07 bits per heavy atom. The summed E-state index contributed by atoms with van der Waals surface area (Å²) in [6.45, 7) is 8.45. The van der Waals surface area contributed by atoms with Crippen molar-refractivity contribution in [2.24, 2.45) is 5.41 Å². The van der Waals surface area contributed by atoms with Crippen LogP contribution in [0, 0.1) is 5.41 Å². The van der Waals surface area contributed by atoms with E-state index in [1.165, 1.54) is 11.1 Å². The highest BCUT2D eigenvalue weighted by molar-refractivity contribution is 6.22. The van der Waals surface area contributed by atoms with E-state index in [4.69, 9.17) is 9.47 Å². The Hall–Kier alpha value is -2.89. The SMILES string of the molecule is CC1(C)CC(=O)N(c2ccc(Oc3ccc4c(c3)C(C)(C)CO4)nc2)C1=O. The van der Waals surface area contributed by atoms with Crippen LogP contribution in [0.5, 0.6) is 17.4 Å². The quantitative estimate of drug-likeness (QED) is 0.772. The Kier molecular flexibility index (Phi) is 3.77. The average molecular weight is 366 g/mol. The zero-order valence-corrected chi connectivity index (χ0v) is 15.9. The number of carbonyl (C=O) groups is 2. The lowest BCUT2D eigenvalue weighted by atomic mass is 9.87. The molecule has 0 spiro atoms. The van der Waals surface area contributed by atoms with Gasteiger partial charge < -0.3 is 9.47 Å². The second-order valence-corrected chi connectivity index (χ2v) is 8.38. The number of hydrogen-bond acceptors (Lipinski definition) is 5. The molecule has 140 valence electrons.